The second-order valence-corrected chi connectivity index (χ2v) is 3.90. The maximum Gasteiger partial charge on any atom is 0.262 e. The molecule has 1 aromatic carbocycles. The largest absolute Gasteiger partial charge is 0.494 e. The highest BCUT2D eigenvalue weighted by Gasteiger charge is 2.10. The maximum absolute atomic E-state index is 13.3. The third-order valence-electron chi connectivity index (χ3n) is 2.56. The van der Waals surface area contributed by atoms with Gasteiger partial charge in [-0.1, -0.05) is 0 Å². The Bertz CT molecular complexity index is 690. The number of aromatic nitrogens is 2. The van der Waals surface area contributed by atoms with Crippen LogP contribution < -0.4 is 10.3 Å². The van der Waals surface area contributed by atoms with Gasteiger partial charge in [-0.2, -0.15) is 0 Å². The van der Waals surface area contributed by atoms with Gasteiger partial charge in [0.25, 0.3) is 5.56 Å². The number of ether oxygens (including phenoxy) is 1. The van der Waals surface area contributed by atoms with Gasteiger partial charge in [0.05, 0.1) is 18.0 Å². The molecule has 0 radical (unpaired) electrons. The number of hydrogen-bond acceptors (Lipinski definition) is 3. The Morgan fingerprint density at radius 1 is 1.53 bits per heavy atom. The van der Waals surface area contributed by atoms with Crippen LogP contribution in [0.5, 0.6) is 5.75 Å². The lowest BCUT2D eigenvalue weighted by atomic mass is 10.2. The van der Waals surface area contributed by atoms with Gasteiger partial charge in [-0.15, -0.1) is 0 Å². The Kier molecular flexibility index (Phi) is 2.97. The molecule has 0 atom stereocenters. The van der Waals surface area contributed by atoms with E-state index in [-0.39, 0.29) is 16.7 Å². The van der Waals surface area contributed by atoms with E-state index in [4.69, 9.17) is 17.0 Å². The Balaban J connectivity index is 3.01. The number of H-pyrrole nitrogens is 1. The summed E-state index contributed by atoms with van der Waals surface area (Å²) in [6, 6.07) is 2.39. The fourth-order valence-electron chi connectivity index (χ4n) is 1.74. The molecule has 1 N–H and O–H groups in total. The van der Waals surface area contributed by atoms with Gasteiger partial charge in [0.1, 0.15) is 11.6 Å². The van der Waals surface area contributed by atoms with Crippen molar-refractivity contribution in [2.45, 2.75) is 13.5 Å². The lowest BCUT2D eigenvalue weighted by molar-refractivity contribution is 0.415. The predicted octanol–water partition coefficient (Wildman–Crippen LogP) is 2.23. The highest BCUT2D eigenvalue weighted by Crippen LogP contribution is 2.22. The molecule has 1 heterocycles. The first-order valence-corrected chi connectivity index (χ1v) is 5.49. The van der Waals surface area contributed by atoms with Crippen molar-refractivity contribution in [1.82, 2.24) is 9.55 Å². The van der Waals surface area contributed by atoms with E-state index in [0.29, 0.717) is 16.8 Å². The van der Waals surface area contributed by atoms with Gasteiger partial charge in [-0.05, 0) is 25.2 Å². The second kappa shape index (κ2) is 4.29. The molecule has 0 saturated heterocycles. The molecule has 0 amide bonds. The van der Waals surface area contributed by atoms with Gasteiger partial charge >= 0.3 is 0 Å². The molecule has 0 aliphatic rings. The van der Waals surface area contributed by atoms with Crippen LogP contribution in [0.1, 0.15) is 6.92 Å². The van der Waals surface area contributed by atoms with Gasteiger partial charge in [0, 0.05) is 12.6 Å². The third-order valence-corrected chi connectivity index (χ3v) is 2.88. The van der Waals surface area contributed by atoms with Crippen molar-refractivity contribution in [1.29, 1.82) is 0 Å². The van der Waals surface area contributed by atoms with E-state index < -0.39 is 5.82 Å². The van der Waals surface area contributed by atoms with Crippen LogP contribution in [-0.2, 0) is 6.54 Å². The molecule has 17 heavy (non-hydrogen) atoms. The number of aromatic amines is 1. The van der Waals surface area contributed by atoms with E-state index in [9.17, 15) is 9.18 Å². The van der Waals surface area contributed by atoms with Crippen molar-refractivity contribution >= 4 is 23.1 Å². The molecule has 4 nitrogen and oxygen atoms in total. The van der Waals surface area contributed by atoms with Crippen molar-refractivity contribution in [3.05, 3.63) is 33.1 Å². The number of nitrogens with one attached hydrogen (secondary N) is 1. The molecule has 90 valence electrons. The Morgan fingerprint density at radius 2 is 2.24 bits per heavy atom. The Labute approximate surface area is 102 Å². The van der Waals surface area contributed by atoms with Gasteiger partial charge in [-0.3, -0.25) is 9.36 Å². The molecule has 0 fully saturated rings. The van der Waals surface area contributed by atoms with Crippen molar-refractivity contribution < 1.29 is 9.13 Å². The van der Waals surface area contributed by atoms with Crippen molar-refractivity contribution in [2.75, 3.05) is 7.11 Å². The van der Waals surface area contributed by atoms with Crippen LogP contribution >= 0.6 is 12.2 Å². The van der Waals surface area contributed by atoms with Crippen molar-refractivity contribution in [3.8, 4) is 5.75 Å². The fourth-order valence-corrected chi connectivity index (χ4v) is 2.05. The quantitative estimate of drug-likeness (QED) is 0.836. The zero-order chi connectivity index (χ0) is 12.6. The molecule has 0 aliphatic carbocycles. The number of hydrogen-bond donors (Lipinski definition) is 1. The average Bonchev–Trinajstić information content (AvgIpc) is 2.30. The third kappa shape index (κ3) is 1.84. The van der Waals surface area contributed by atoms with E-state index in [0.717, 1.165) is 0 Å². The Hall–Kier alpha value is -1.69. The van der Waals surface area contributed by atoms with Crippen LogP contribution in [0.4, 0.5) is 4.39 Å². The summed E-state index contributed by atoms with van der Waals surface area (Å²) in [5, 5.41) is 0.234. The van der Waals surface area contributed by atoms with Gasteiger partial charge in [0.15, 0.2) is 4.77 Å². The molecule has 1 aromatic heterocycles. The lowest BCUT2D eigenvalue weighted by Crippen LogP contribution is -2.21. The highest BCUT2D eigenvalue weighted by atomic mass is 32.1. The second-order valence-electron chi connectivity index (χ2n) is 3.51. The number of fused-ring (bicyclic) bond motifs is 1. The smallest absolute Gasteiger partial charge is 0.262 e. The van der Waals surface area contributed by atoms with Crippen molar-refractivity contribution in [2.24, 2.45) is 0 Å². The molecular weight excluding hydrogens is 243 g/mol. The summed E-state index contributed by atoms with van der Waals surface area (Å²) in [7, 11) is 1.41. The zero-order valence-electron chi connectivity index (χ0n) is 9.41. The first-order valence-electron chi connectivity index (χ1n) is 5.08. The number of benzene rings is 1. The van der Waals surface area contributed by atoms with Gasteiger partial charge in [0.2, 0.25) is 0 Å². The predicted molar refractivity (Wildman–Crippen MR) is 65.6 cm³/mol. The van der Waals surface area contributed by atoms with Crippen LogP contribution in [0.25, 0.3) is 10.9 Å². The SMILES string of the molecule is CCn1c(=S)[nH]c2c(OC)cc(F)cc2c1=O. The molecule has 0 spiro atoms. The summed E-state index contributed by atoms with van der Waals surface area (Å²) >= 11 is 5.06. The van der Waals surface area contributed by atoms with Crippen LogP contribution in [0.3, 0.4) is 0 Å². The zero-order valence-corrected chi connectivity index (χ0v) is 10.2. The highest BCUT2D eigenvalue weighted by molar-refractivity contribution is 7.71. The average molecular weight is 254 g/mol. The minimum absolute atomic E-state index is 0.234. The molecule has 0 bridgehead atoms. The molecule has 0 saturated carbocycles. The number of rotatable bonds is 2. The van der Waals surface area contributed by atoms with Crippen LogP contribution in [0, 0.1) is 10.6 Å². The first-order chi connectivity index (χ1) is 8.08. The van der Waals surface area contributed by atoms with E-state index in [1.54, 1.807) is 6.92 Å². The topological polar surface area (TPSA) is 47.0 Å². The standard InChI is InChI=1S/C11H11FN2O2S/c1-3-14-10(15)7-4-6(12)5-8(16-2)9(7)13-11(14)17/h4-5H,3H2,1-2H3,(H,13,17). The summed E-state index contributed by atoms with van der Waals surface area (Å²) in [6.45, 7) is 2.23. The summed E-state index contributed by atoms with van der Waals surface area (Å²) in [5.41, 5.74) is 0.109. The van der Waals surface area contributed by atoms with Gasteiger partial charge < -0.3 is 9.72 Å². The summed E-state index contributed by atoms with van der Waals surface area (Å²) in [6.07, 6.45) is 0. The monoisotopic (exact) mass is 254 g/mol. The fraction of sp³-hybridized carbons (Fsp3) is 0.273. The van der Waals surface area contributed by atoms with Crippen molar-refractivity contribution in [3.63, 3.8) is 0 Å². The summed E-state index contributed by atoms with van der Waals surface area (Å²) in [4.78, 5) is 14.9. The minimum atomic E-state index is -0.514. The van der Waals surface area contributed by atoms with Crippen LogP contribution in [0.15, 0.2) is 16.9 Å². The van der Waals surface area contributed by atoms with E-state index in [1.165, 1.54) is 23.8 Å². The Morgan fingerprint density at radius 3 is 2.82 bits per heavy atom. The van der Waals surface area contributed by atoms with Gasteiger partial charge in [-0.25, -0.2) is 4.39 Å². The molecule has 2 aromatic rings. The number of halogens is 1. The summed E-state index contributed by atoms with van der Waals surface area (Å²) < 4.78 is 20.0. The maximum atomic E-state index is 13.3. The molecule has 6 heteroatoms. The van der Waals surface area contributed by atoms with E-state index >= 15 is 0 Å². The van der Waals surface area contributed by atoms with E-state index in [2.05, 4.69) is 4.98 Å². The lowest BCUT2D eigenvalue weighted by Gasteiger charge is -2.08. The molecule has 0 unspecified atom stereocenters. The molecule has 0 aliphatic heterocycles. The molecular formula is C11H11FN2O2S. The van der Waals surface area contributed by atoms with Crippen LogP contribution in [0.2, 0.25) is 0 Å². The first kappa shape index (κ1) is 11.8. The number of methoxy groups -OCH3 is 1. The van der Waals surface area contributed by atoms with E-state index in [1.807, 2.05) is 0 Å². The minimum Gasteiger partial charge on any atom is -0.494 e. The normalized spacial score (nSPS) is 10.8. The summed E-state index contributed by atoms with van der Waals surface area (Å²) in [5.74, 6) is -0.244. The number of nitrogens with zero attached hydrogens (tertiary/aromatic N) is 1. The molecule has 2 rings (SSSR count). The van der Waals surface area contributed by atoms with Crippen LogP contribution in [-0.4, -0.2) is 16.7 Å².